The number of amides is 1. The summed E-state index contributed by atoms with van der Waals surface area (Å²) in [4.78, 5) is 11.5. The summed E-state index contributed by atoms with van der Waals surface area (Å²) < 4.78 is 24.9. The van der Waals surface area contributed by atoms with E-state index < -0.39 is 10.0 Å². The second kappa shape index (κ2) is 7.44. The predicted octanol–water partition coefficient (Wildman–Crippen LogP) is 0.646. The summed E-state index contributed by atoms with van der Waals surface area (Å²) in [6, 6.07) is 6.11. The van der Waals surface area contributed by atoms with Gasteiger partial charge in [-0.05, 0) is 18.2 Å². The highest BCUT2D eigenvalue weighted by Gasteiger charge is 2.17. The first-order valence-electron chi connectivity index (χ1n) is 5.40. The van der Waals surface area contributed by atoms with Crippen LogP contribution in [0.3, 0.4) is 0 Å². The van der Waals surface area contributed by atoms with Gasteiger partial charge in [-0.2, -0.15) is 0 Å². The Morgan fingerprint density at radius 3 is 2.53 bits per heavy atom. The van der Waals surface area contributed by atoms with Crippen molar-refractivity contribution in [1.82, 2.24) is 4.31 Å². The van der Waals surface area contributed by atoms with Gasteiger partial charge in [-0.15, -0.1) is 12.4 Å². The smallest absolute Gasteiger partial charge is 0.242 e. The molecule has 0 aliphatic carbocycles. The van der Waals surface area contributed by atoms with Crippen molar-refractivity contribution in [2.45, 2.75) is 11.3 Å². The van der Waals surface area contributed by atoms with Crippen LogP contribution >= 0.6 is 12.4 Å². The van der Waals surface area contributed by atoms with E-state index in [0.29, 0.717) is 5.69 Å². The van der Waals surface area contributed by atoms with Crippen molar-refractivity contribution >= 4 is 34.0 Å². The van der Waals surface area contributed by atoms with Crippen LogP contribution in [0, 0.1) is 0 Å². The van der Waals surface area contributed by atoms with Crippen LogP contribution in [0.4, 0.5) is 5.69 Å². The van der Waals surface area contributed by atoms with Gasteiger partial charge in [0.2, 0.25) is 15.9 Å². The predicted molar refractivity (Wildman–Crippen MR) is 76.9 cm³/mol. The van der Waals surface area contributed by atoms with Crippen molar-refractivity contribution in [2.24, 2.45) is 5.73 Å². The quantitative estimate of drug-likeness (QED) is 0.835. The third kappa shape index (κ3) is 4.79. The molecule has 0 spiro atoms. The molecule has 0 aromatic heterocycles. The fourth-order valence-corrected chi connectivity index (χ4v) is 2.25. The Bertz CT molecular complexity index is 532. The highest BCUT2D eigenvalue weighted by Crippen LogP contribution is 2.17. The Kier molecular flexibility index (Phi) is 6.99. The SMILES string of the molecule is CN(C)S(=O)(=O)c1cccc(NC(=O)CCN)c1.Cl. The minimum atomic E-state index is -3.49. The van der Waals surface area contributed by atoms with Gasteiger partial charge in [0.25, 0.3) is 0 Å². The lowest BCUT2D eigenvalue weighted by molar-refractivity contribution is -0.116. The molecule has 0 bridgehead atoms. The molecular formula is C11H18ClN3O3S. The van der Waals surface area contributed by atoms with Gasteiger partial charge in [0, 0.05) is 32.7 Å². The van der Waals surface area contributed by atoms with Gasteiger partial charge >= 0.3 is 0 Å². The molecule has 108 valence electrons. The Balaban J connectivity index is 0.00000324. The summed E-state index contributed by atoms with van der Waals surface area (Å²) >= 11 is 0. The lowest BCUT2D eigenvalue weighted by Crippen LogP contribution is -2.22. The van der Waals surface area contributed by atoms with E-state index in [1.54, 1.807) is 12.1 Å². The van der Waals surface area contributed by atoms with Gasteiger partial charge in [-0.25, -0.2) is 12.7 Å². The van der Waals surface area contributed by atoms with E-state index in [4.69, 9.17) is 5.73 Å². The Hall–Kier alpha value is -1.15. The number of sulfonamides is 1. The van der Waals surface area contributed by atoms with Gasteiger partial charge < -0.3 is 11.1 Å². The van der Waals surface area contributed by atoms with E-state index in [2.05, 4.69) is 5.32 Å². The highest BCUT2D eigenvalue weighted by atomic mass is 35.5. The maximum Gasteiger partial charge on any atom is 0.242 e. The van der Waals surface area contributed by atoms with E-state index in [0.717, 1.165) is 4.31 Å². The fraction of sp³-hybridized carbons (Fsp3) is 0.364. The van der Waals surface area contributed by atoms with Crippen LogP contribution in [-0.2, 0) is 14.8 Å². The second-order valence-corrected chi connectivity index (χ2v) is 6.05. The summed E-state index contributed by atoms with van der Waals surface area (Å²) in [5, 5.41) is 2.59. The van der Waals surface area contributed by atoms with Crippen LogP contribution < -0.4 is 11.1 Å². The van der Waals surface area contributed by atoms with Gasteiger partial charge in [0.15, 0.2) is 0 Å². The second-order valence-electron chi connectivity index (χ2n) is 3.90. The number of hydrogen-bond donors (Lipinski definition) is 2. The average molecular weight is 308 g/mol. The molecule has 19 heavy (non-hydrogen) atoms. The normalized spacial score (nSPS) is 10.9. The molecule has 1 aromatic rings. The number of anilines is 1. The van der Waals surface area contributed by atoms with E-state index in [1.165, 1.54) is 26.2 Å². The number of carbonyl (C=O) groups is 1. The summed E-state index contributed by atoms with van der Waals surface area (Å²) in [6.07, 6.45) is 0.199. The van der Waals surface area contributed by atoms with Crippen LogP contribution in [0.15, 0.2) is 29.2 Å². The van der Waals surface area contributed by atoms with Crippen molar-refractivity contribution in [3.63, 3.8) is 0 Å². The molecule has 1 aromatic carbocycles. The topological polar surface area (TPSA) is 92.5 Å². The number of halogens is 1. The molecular weight excluding hydrogens is 290 g/mol. The van der Waals surface area contributed by atoms with Crippen LogP contribution in [0.5, 0.6) is 0 Å². The van der Waals surface area contributed by atoms with Gasteiger partial charge in [0.05, 0.1) is 4.90 Å². The van der Waals surface area contributed by atoms with Crippen molar-refractivity contribution in [3.8, 4) is 0 Å². The zero-order valence-electron chi connectivity index (χ0n) is 10.8. The lowest BCUT2D eigenvalue weighted by Gasteiger charge is -2.12. The van der Waals surface area contributed by atoms with Gasteiger partial charge in [0.1, 0.15) is 0 Å². The van der Waals surface area contributed by atoms with Crippen molar-refractivity contribution in [2.75, 3.05) is 26.0 Å². The van der Waals surface area contributed by atoms with Crippen LogP contribution in [-0.4, -0.2) is 39.3 Å². The Morgan fingerprint density at radius 2 is 2.00 bits per heavy atom. The molecule has 0 aliphatic rings. The summed E-state index contributed by atoms with van der Waals surface area (Å²) in [5.41, 5.74) is 5.70. The largest absolute Gasteiger partial charge is 0.330 e. The number of rotatable bonds is 5. The lowest BCUT2D eigenvalue weighted by atomic mass is 10.3. The van der Waals surface area contributed by atoms with E-state index in [-0.39, 0.29) is 36.2 Å². The molecule has 0 fully saturated rings. The molecule has 0 saturated heterocycles. The van der Waals surface area contributed by atoms with E-state index in [1.807, 2.05) is 0 Å². The molecule has 3 N–H and O–H groups in total. The summed E-state index contributed by atoms with van der Waals surface area (Å²) in [7, 11) is -0.583. The third-order valence-electron chi connectivity index (χ3n) is 2.27. The molecule has 0 atom stereocenters. The molecule has 8 heteroatoms. The summed E-state index contributed by atoms with van der Waals surface area (Å²) in [5.74, 6) is -0.239. The number of nitrogens with two attached hydrogens (primary N) is 1. The van der Waals surface area contributed by atoms with E-state index in [9.17, 15) is 13.2 Å². The minimum absolute atomic E-state index is 0. The molecule has 6 nitrogen and oxygen atoms in total. The van der Waals surface area contributed by atoms with E-state index >= 15 is 0 Å². The fourth-order valence-electron chi connectivity index (χ4n) is 1.30. The van der Waals surface area contributed by atoms with Gasteiger partial charge in [-0.1, -0.05) is 6.07 Å². The molecule has 0 heterocycles. The molecule has 0 radical (unpaired) electrons. The molecule has 0 saturated carbocycles. The third-order valence-corrected chi connectivity index (χ3v) is 4.08. The average Bonchev–Trinajstić information content (AvgIpc) is 2.29. The number of carbonyl (C=O) groups excluding carboxylic acids is 1. The Morgan fingerprint density at radius 1 is 1.37 bits per heavy atom. The maximum atomic E-state index is 11.9. The number of nitrogens with one attached hydrogen (secondary N) is 1. The monoisotopic (exact) mass is 307 g/mol. The number of nitrogens with zero attached hydrogens (tertiary/aromatic N) is 1. The maximum absolute atomic E-state index is 11.9. The zero-order chi connectivity index (χ0) is 13.8. The number of benzene rings is 1. The first-order valence-corrected chi connectivity index (χ1v) is 6.84. The highest BCUT2D eigenvalue weighted by molar-refractivity contribution is 7.89. The molecule has 0 aliphatic heterocycles. The van der Waals surface area contributed by atoms with Crippen molar-refractivity contribution < 1.29 is 13.2 Å². The first kappa shape index (κ1) is 17.8. The van der Waals surface area contributed by atoms with Crippen LogP contribution in [0.1, 0.15) is 6.42 Å². The minimum Gasteiger partial charge on any atom is -0.330 e. The van der Waals surface area contributed by atoms with Gasteiger partial charge in [-0.3, -0.25) is 4.79 Å². The van der Waals surface area contributed by atoms with Crippen molar-refractivity contribution in [1.29, 1.82) is 0 Å². The zero-order valence-corrected chi connectivity index (χ0v) is 12.4. The summed E-state index contributed by atoms with van der Waals surface area (Å²) in [6.45, 7) is 0.252. The molecule has 0 unspecified atom stereocenters. The van der Waals surface area contributed by atoms with Crippen molar-refractivity contribution in [3.05, 3.63) is 24.3 Å². The van der Waals surface area contributed by atoms with Crippen LogP contribution in [0.25, 0.3) is 0 Å². The standard InChI is InChI=1S/C11H17N3O3S.ClH/c1-14(2)18(16,17)10-5-3-4-9(8-10)13-11(15)6-7-12;/h3-5,8H,6-7,12H2,1-2H3,(H,13,15);1H. The molecule has 1 rings (SSSR count). The first-order chi connectivity index (χ1) is 8.37. The molecule has 1 amide bonds. The van der Waals surface area contributed by atoms with Crippen LogP contribution in [0.2, 0.25) is 0 Å². The Labute approximate surface area is 119 Å². The number of hydrogen-bond acceptors (Lipinski definition) is 4.